The van der Waals surface area contributed by atoms with Crippen LogP contribution in [0.4, 0.5) is 17.1 Å². The second kappa shape index (κ2) is 10.3. The van der Waals surface area contributed by atoms with Crippen molar-refractivity contribution in [1.29, 1.82) is 0 Å². The second-order valence-corrected chi connectivity index (χ2v) is 10.2. The number of nitro benzene ring substituents is 1. The molecule has 1 saturated heterocycles. The van der Waals surface area contributed by atoms with E-state index in [1.165, 1.54) is 23.3 Å². The Labute approximate surface area is 226 Å². The molecule has 0 spiro atoms. The largest absolute Gasteiger partial charge is 0.354 e. The number of non-ortho nitro benzene ring substituents is 1. The van der Waals surface area contributed by atoms with Gasteiger partial charge in [-0.2, -0.15) is 0 Å². The van der Waals surface area contributed by atoms with E-state index in [4.69, 9.17) is 0 Å². The number of amides is 2. The van der Waals surface area contributed by atoms with Crippen molar-refractivity contribution in [2.24, 2.45) is 0 Å². The van der Waals surface area contributed by atoms with Crippen LogP contribution in [0.15, 0.2) is 60.7 Å². The lowest BCUT2D eigenvalue weighted by molar-refractivity contribution is -0.384. The molecule has 0 atom stereocenters. The summed E-state index contributed by atoms with van der Waals surface area (Å²) in [6.45, 7) is 3.24. The summed E-state index contributed by atoms with van der Waals surface area (Å²) < 4.78 is 0. The molecule has 198 valence electrons. The van der Waals surface area contributed by atoms with Crippen molar-refractivity contribution in [3.05, 3.63) is 98.6 Å². The van der Waals surface area contributed by atoms with Crippen LogP contribution in [0.5, 0.6) is 0 Å². The first-order valence-corrected chi connectivity index (χ1v) is 13.3. The number of rotatable bonds is 7. The van der Waals surface area contributed by atoms with Crippen LogP contribution in [-0.4, -0.2) is 41.3 Å². The third kappa shape index (κ3) is 5.00. The molecule has 3 heterocycles. The fourth-order valence-electron chi connectivity index (χ4n) is 5.54. The van der Waals surface area contributed by atoms with Crippen LogP contribution in [0.1, 0.15) is 40.7 Å². The molecule has 0 aromatic heterocycles. The van der Waals surface area contributed by atoms with Gasteiger partial charge in [-0.3, -0.25) is 19.7 Å². The summed E-state index contributed by atoms with van der Waals surface area (Å²) in [6.07, 6.45) is 3.21. The van der Waals surface area contributed by atoms with Crippen LogP contribution in [0, 0.1) is 10.1 Å². The number of nitrogens with one attached hydrogen (secondary N) is 3. The van der Waals surface area contributed by atoms with Crippen molar-refractivity contribution in [2.75, 3.05) is 30.3 Å². The lowest BCUT2D eigenvalue weighted by Gasteiger charge is -2.20. The first-order chi connectivity index (χ1) is 19.0. The molecule has 6 rings (SSSR count). The van der Waals surface area contributed by atoms with Crippen LogP contribution in [-0.2, 0) is 29.0 Å². The van der Waals surface area contributed by atoms with Gasteiger partial charge in [0.15, 0.2) is 0 Å². The van der Waals surface area contributed by atoms with Crippen molar-refractivity contribution in [1.82, 2.24) is 10.2 Å². The van der Waals surface area contributed by atoms with Crippen molar-refractivity contribution in [3.63, 3.8) is 0 Å². The Kier molecular flexibility index (Phi) is 6.58. The number of nitro groups is 1. The highest BCUT2D eigenvalue weighted by molar-refractivity contribution is 6.37. The number of benzene rings is 3. The van der Waals surface area contributed by atoms with Crippen LogP contribution in [0.2, 0.25) is 0 Å². The molecule has 0 aliphatic carbocycles. The summed E-state index contributed by atoms with van der Waals surface area (Å²) in [6, 6.07) is 18.6. The number of likely N-dealkylation sites (tertiary alicyclic amines) is 1. The average molecular weight is 524 g/mol. The number of anilines is 2. The maximum atomic E-state index is 13.3. The Morgan fingerprint density at radius 1 is 1.00 bits per heavy atom. The zero-order valence-electron chi connectivity index (χ0n) is 21.5. The fraction of sp³-hybridized carbons (Fsp3) is 0.267. The topological polar surface area (TPSA) is 117 Å². The summed E-state index contributed by atoms with van der Waals surface area (Å²) in [5, 5.41) is 21.2. The molecule has 0 saturated carbocycles. The van der Waals surface area contributed by atoms with E-state index in [0.717, 1.165) is 55.7 Å². The van der Waals surface area contributed by atoms with E-state index >= 15 is 0 Å². The molecule has 9 heteroatoms. The number of hydrogen-bond acceptors (Lipinski definition) is 6. The van der Waals surface area contributed by atoms with Gasteiger partial charge in [0.2, 0.25) is 5.91 Å². The third-order valence-electron chi connectivity index (χ3n) is 7.66. The minimum atomic E-state index is -0.453. The normalized spacial score (nSPS) is 17.5. The molecule has 0 unspecified atom stereocenters. The van der Waals surface area contributed by atoms with Gasteiger partial charge in [0.05, 0.1) is 16.2 Å². The Hall–Kier alpha value is -4.50. The third-order valence-corrected chi connectivity index (χ3v) is 7.66. The summed E-state index contributed by atoms with van der Waals surface area (Å²) >= 11 is 0. The molecule has 3 aromatic carbocycles. The SMILES string of the molecule is O=C1Nc2ccc([N+](=O)[O-])cc2/C1=C(/Nc1ccc2c(c1)CCNC2)c1ccc(CCN2CCCC2=O)cc1. The van der Waals surface area contributed by atoms with Gasteiger partial charge in [-0.25, -0.2) is 0 Å². The van der Waals surface area contributed by atoms with E-state index in [0.29, 0.717) is 35.5 Å². The molecule has 3 aliphatic heterocycles. The number of carbonyl (C=O) groups excluding carboxylic acids is 2. The van der Waals surface area contributed by atoms with E-state index in [1.807, 2.05) is 35.2 Å². The molecule has 3 aliphatic rings. The lowest BCUT2D eigenvalue weighted by Crippen LogP contribution is -2.26. The van der Waals surface area contributed by atoms with Crippen LogP contribution in [0.25, 0.3) is 11.3 Å². The maximum absolute atomic E-state index is 13.3. The minimum absolute atomic E-state index is 0.0739. The van der Waals surface area contributed by atoms with Gasteiger partial charge in [0.1, 0.15) is 0 Å². The number of fused-ring (bicyclic) bond motifs is 2. The van der Waals surface area contributed by atoms with Crippen molar-refractivity contribution in [3.8, 4) is 0 Å². The lowest BCUT2D eigenvalue weighted by atomic mass is 9.97. The van der Waals surface area contributed by atoms with E-state index in [1.54, 1.807) is 6.07 Å². The molecule has 1 fully saturated rings. The van der Waals surface area contributed by atoms with E-state index in [-0.39, 0.29) is 17.5 Å². The first-order valence-electron chi connectivity index (χ1n) is 13.3. The van der Waals surface area contributed by atoms with Crippen LogP contribution in [0.3, 0.4) is 0 Å². The Balaban J connectivity index is 1.38. The van der Waals surface area contributed by atoms with Crippen molar-refractivity contribution < 1.29 is 14.5 Å². The Morgan fingerprint density at radius 3 is 2.62 bits per heavy atom. The van der Waals surface area contributed by atoms with Gasteiger partial charge in [0.25, 0.3) is 11.6 Å². The first kappa shape index (κ1) is 24.8. The molecule has 9 nitrogen and oxygen atoms in total. The Bertz CT molecular complexity index is 1510. The van der Waals surface area contributed by atoms with Gasteiger partial charge >= 0.3 is 0 Å². The monoisotopic (exact) mass is 523 g/mol. The van der Waals surface area contributed by atoms with E-state index in [2.05, 4.69) is 28.1 Å². The number of hydrogen-bond donors (Lipinski definition) is 3. The highest BCUT2D eigenvalue weighted by atomic mass is 16.6. The zero-order chi connectivity index (χ0) is 26.9. The van der Waals surface area contributed by atoms with Gasteiger partial charge < -0.3 is 20.9 Å². The minimum Gasteiger partial charge on any atom is -0.354 e. The molecule has 0 bridgehead atoms. The number of nitrogens with zero attached hydrogens (tertiary/aromatic N) is 2. The van der Waals surface area contributed by atoms with Crippen LogP contribution >= 0.6 is 0 Å². The fourth-order valence-corrected chi connectivity index (χ4v) is 5.54. The van der Waals surface area contributed by atoms with Crippen molar-refractivity contribution >= 4 is 40.1 Å². The molecule has 39 heavy (non-hydrogen) atoms. The van der Waals surface area contributed by atoms with Gasteiger partial charge in [-0.05, 0) is 66.3 Å². The molecule has 0 radical (unpaired) electrons. The summed E-state index contributed by atoms with van der Waals surface area (Å²) in [4.78, 5) is 38.2. The summed E-state index contributed by atoms with van der Waals surface area (Å²) in [5.74, 6) is -0.101. The molecular weight excluding hydrogens is 494 g/mol. The summed E-state index contributed by atoms with van der Waals surface area (Å²) in [5.41, 5.74) is 7.15. The molecule has 2 amide bonds. The molecular formula is C30H29N5O4. The standard InChI is InChI=1S/C30H29N5O4/c36-27-2-1-14-34(27)15-12-19-3-5-20(6-4-19)29(32-23-8-7-22-18-31-13-11-21(22)16-23)28-25-17-24(35(38)39)9-10-26(25)33-30(28)37/h3-10,16-17,31-32H,1-2,11-15,18H2,(H,33,37)/b29-28-. The highest BCUT2D eigenvalue weighted by Crippen LogP contribution is 2.39. The zero-order valence-corrected chi connectivity index (χ0v) is 21.5. The predicted octanol–water partition coefficient (Wildman–Crippen LogP) is 4.34. The van der Waals surface area contributed by atoms with E-state index in [9.17, 15) is 19.7 Å². The quantitative estimate of drug-likeness (QED) is 0.241. The highest BCUT2D eigenvalue weighted by Gasteiger charge is 2.30. The van der Waals surface area contributed by atoms with Crippen LogP contribution < -0.4 is 16.0 Å². The molecule has 3 aromatic rings. The maximum Gasteiger partial charge on any atom is 0.270 e. The Morgan fingerprint density at radius 2 is 1.85 bits per heavy atom. The average Bonchev–Trinajstić information content (AvgIpc) is 3.51. The number of carbonyl (C=O) groups is 2. The second-order valence-electron chi connectivity index (χ2n) is 10.2. The van der Waals surface area contributed by atoms with Gasteiger partial charge in [0, 0.05) is 55.1 Å². The smallest absolute Gasteiger partial charge is 0.270 e. The van der Waals surface area contributed by atoms with Crippen molar-refractivity contribution in [2.45, 2.75) is 32.2 Å². The van der Waals surface area contributed by atoms with Gasteiger partial charge in [-0.15, -0.1) is 0 Å². The van der Waals surface area contributed by atoms with E-state index < -0.39 is 4.92 Å². The molecule has 3 N–H and O–H groups in total. The van der Waals surface area contributed by atoms with Gasteiger partial charge in [-0.1, -0.05) is 30.3 Å². The predicted molar refractivity (Wildman–Crippen MR) is 150 cm³/mol. The summed E-state index contributed by atoms with van der Waals surface area (Å²) in [7, 11) is 0.